The van der Waals surface area contributed by atoms with Crippen molar-refractivity contribution in [2.24, 2.45) is 28.1 Å². The molecule has 8 nitrogen and oxygen atoms in total. The number of fused-ring (bicyclic) bond motifs is 3. The van der Waals surface area contributed by atoms with Crippen LogP contribution in [0.2, 0.25) is 0 Å². The second kappa shape index (κ2) is 7.98. The van der Waals surface area contributed by atoms with Crippen LogP contribution in [0.5, 0.6) is 0 Å². The maximum Gasteiger partial charge on any atom is 0.314 e. The summed E-state index contributed by atoms with van der Waals surface area (Å²) in [5.41, 5.74) is -0.575. The topological polar surface area (TPSA) is 137 Å². The highest BCUT2D eigenvalue weighted by molar-refractivity contribution is 5.77. The van der Waals surface area contributed by atoms with Crippen molar-refractivity contribution in [3.63, 3.8) is 0 Å². The molecule has 34 heavy (non-hydrogen) atoms. The van der Waals surface area contributed by atoms with E-state index in [2.05, 4.69) is 13.5 Å². The minimum absolute atomic E-state index is 0.0504. The fourth-order valence-corrected chi connectivity index (χ4v) is 9.00. The summed E-state index contributed by atoms with van der Waals surface area (Å²) < 4.78 is 11.1. The number of aliphatic hydroxyl groups is 5. The van der Waals surface area contributed by atoms with Crippen molar-refractivity contribution in [2.45, 2.75) is 108 Å². The molecule has 1 heterocycles. The summed E-state index contributed by atoms with van der Waals surface area (Å²) in [4.78, 5) is 13.7. The molecule has 0 radical (unpaired) electrons. The fourth-order valence-electron chi connectivity index (χ4n) is 9.00. The van der Waals surface area contributed by atoms with Crippen molar-refractivity contribution in [1.29, 1.82) is 0 Å². The second-order valence-electron chi connectivity index (χ2n) is 12.4. The summed E-state index contributed by atoms with van der Waals surface area (Å²) in [5, 5.41) is 51.1. The van der Waals surface area contributed by atoms with Gasteiger partial charge in [0.1, 0.15) is 24.4 Å². The van der Waals surface area contributed by atoms with Crippen molar-refractivity contribution < 1.29 is 39.8 Å². The van der Waals surface area contributed by atoms with Gasteiger partial charge in [-0.15, -0.1) is 0 Å². The lowest BCUT2D eigenvalue weighted by molar-refractivity contribution is -0.298. The number of aliphatic hydroxyl groups excluding tert-OH is 4. The van der Waals surface area contributed by atoms with Crippen molar-refractivity contribution in [1.82, 2.24) is 0 Å². The van der Waals surface area contributed by atoms with Gasteiger partial charge in [-0.2, -0.15) is 0 Å². The average Bonchev–Trinajstić information content (AvgIpc) is 2.96. The van der Waals surface area contributed by atoms with Crippen LogP contribution in [0.4, 0.5) is 0 Å². The molecule has 0 aromatic heterocycles. The predicted molar refractivity (Wildman–Crippen MR) is 121 cm³/mol. The molecule has 1 spiro atoms. The fraction of sp³-hybridized carbons (Fsp3) is 0.885. The third-order valence-electron chi connectivity index (χ3n) is 10.7. The molecule has 5 fully saturated rings. The molecule has 1 saturated heterocycles. The maximum absolute atomic E-state index is 13.7. The molecule has 1 unspecified atom stereocenters. The molecule has 5 N–H and O–H groups in total. The van der Waals surface area contributed by atoms with Gasteiger partial charge >= 0.3 is 5.97 Å². The number of hydrogen-bond donors (Lipinski definition) is 5. The lowest BCUT2D eigenvalue weighted by Gasteiger charge is -2.63. The standard InChI is InChI=1S/C26H40O8/c1-14-11-25-9-5-16-23(2,17(25)6-10-26(14,32)13-25)7-4-8-24(16,3)22(31)34-21-20(30)19(29)18(28)15(12-27)33-21/h15-21,27-30,32H,1,4-13H2,2-3H3/t15-,16-,17-,18-,19+,20-,21+,23+,24?,25+,26+/m1/s1. The number of hydrogen-bond acceptors (Lipinski definition) is 8. The Hall–Kier alpha value is -1.03. The largest absolute Gasteiger partial charge is 0.432 e. The molecule has 0 aromatic rings. The van der Waals surface area contributed by atoms with Crippen molar-refractivity contribution >= 4 is 5.97 Å². The minimum atomic E-state index is -1.60. The Bertz CT molecular complexity index is 860. The highest BCUT2D eigenvalue weighted by Gasteiger charge is 2.68. The summed E-state index contributed by atoms with van der Waals surface area (Å²) in [6, 6.07) is 0. The van der Waals surface area contributed by atoms with E-state index < -0.39 is 54.3 Å². The van der Waals surface area contributed by atoms with Crippen LogP contribution in [0.3, 0.4) is 0 Å². The molecule has 0 amide bonds. The van der Waals surface area contributed by atoms with Crippen LogP contribution in [-0.4, -0.2) is 74.4 Å². The Morgan fingerprint density at radius 2 is 1.76 bits per heavy atom. The van der Waals surface area contributed by atoms with Gasteiger partial charge in [-0.25, -0.2) is 0 Å². The SMILES string of the molecule is C=C1C[C@]23CC[C@H]4C(C)(C(=O)O[C@@H]5O[C@H](CO)[C@@H](O)[C@H](O)[C@H]5O)CCC[C@]4(C)[C@H]2CC[C@]1(O)C3. The minimum Gasteiger partial charge on any atom is -0.432 e. The van der Waals surface area contributed by atoms with Gasteiger partial charge in [0, 0.05) is 0 Å². The number of esters is 1. The van der Waals surface area contributed by atoms with E-state index in [4.69, 9.17) is 9.47 Å². The summed E-state index contributed by atoms with van der Waals surface area (Å²) >= 11 is 0. The lowest BCUT2D eigenvalue weighted by atomic mass is 9.41. The van der Waals surface area contributed by atoms with Gasteiger partial charge < -0.3 is 35.0 Å². The van der Waals surface area contributed by atoms with Gasteiger partial charge in [0.05, 0.1) is 17.6 Å². The molecular formula is C26H40O8. The average molecular weight is 481 g/mol. The highest BCUT2D eigenvalue weighted by Crippen LogP contribution is 2.73. The molecule has 5 aliphatic rings. The molecule has 4 aliphatic carbocycles. The first-order chi connectivity index (χ1) is 15.9. The van der Waals surface area contributed by atoms with Gasteiger partial charge in [0.2, 0.25) is 6.29 Å². The first-order valence-corrected chi connectivity index (χ1v) is 12.8. The molecule has 192 valence electrons. The van der Waals surface area contributed by atoms with E-state index in [0.717, 1.165) is 56.9 Å². The van der Waals surface area contributed by atoms with Crippen molar-refractivity contribution in [2.75, 3.05) is 6.61 Å². The number of carbonyl (C=O) groups is 1. The van der Waals surface area contributed by atoms with Gasteiger partial charge in [-0.1, -0.05) is 19.9 Å². The highest BCUT2D eigenvalue weighted by atomic mass is 16.7. The predicted octanol–water partition coefficient (Wildman–Crippen LogP) is 1.41. The molecule has 0 aromatic carbocycles. The van der Waals surface area contributed by atoms with Crippen LogP contribution in [0, 0.1) is 28.1 Å². The van der Waals surface area contributed by atoms with Crippen molar-refractivity contribution in [3.05, 3.63) is 12.2 Å². The van der Waals surface area contributed by atoms with E-state index in [0.29, 0.717) is 12.3 Å². The van der Waals surface area contributed by atoms with Crippen LogP contribution in [0.15, 0.2) is 12.2 Å². The van der Waals surface area contributed by atoms with Crippen LogP contribution < -0.4 is 0 Å². The van der Waals surface area contributed by atoms with E-state index in [1.54, 1.807) is 0 Å². The molecule has 11 atom stereocenters. The van der Waals surface area contributed by atoms with E-state index >= 15 is 0 Å². The monoisotopic (exact) mass is 480 g/mol. The Labute approximate surface area is 201 Å². The second-order valence-corrected chi connectivity index (χ2v) is 12.4. The van der Waals surface area contributed by atoms with E-state index in [9.17, 15) is 30.3 Å². The number of rotatable bonds is 3. The van der Waals surface area contributed by atoms with Crippen LogP contribution in [-0.2, 0) is 14.3 Å². The molecule has 8 heteroatoms. The quantitative estimate of drug-likeness (QED) is 0.302. The Balaban J connectivity index is 1.39. The molecule has 4 saturated carbocycles. The Morgan fingerprint density at radius 3 is 2.47 bits per heavy atom. The Morgan fingerprint density at radius 1 is 1.06 bits per heavy atom. The summed E-state index contributed by atoms with van der Waals surface area (Å²) in [7, 11) is 0. The summed E-state index contributed by atoms with van der Waals surface area (Å²) in [6.07, 6.45) is 0.422. The van der Waals surface area contributed by atoms with Crippen LogP contribution in [0.25, 0.3) is 0 Å². The zero-order valence-corrected chi connectivity index (χ0v) is 20.3. The Kier molecular flexibility index (Phi) is 5.79. The zero-order valence-electron chi connectivity index (χ0n) is 20.3. The van der Waals surface area contributed by atoms with Gasteiger partial charge in [0.25, 0.3) is 0 Å². The summed E-state index contributed by atoms with van der Waals surface area (Å²) in [5.74, 6) is 0.0200. The molecule has 5 rings (SSSR count). The maximum atomic E-state index is 13.7. The normalized spacial score (nSPS) is 54.8. The smallest absolute Gasteiger partial charge is 0.314 e. The van der Waals surface area contributed by atoms with E-state index in [1.165, 1.54) is 0 Å². The number of ether oxygens (including phenoxy) is 2. The first-order valence-electron chi connectivity index (χ1n) is 12.8. The molecule has 2 bridgehead atoms. The first kappa shape index (κ1) is 24.7. The van der Waals surface area contributed by atoms with Crippen LogP contribution in [0.1, 0.15) is 71.6 Å². The van der Waals surface area contributed by atoms with Crippen molar-refractivity contribution in [3.8, 4) is 0 Å². The summed E-state index contributed by atoms with van der Waals surface area (Å²) in [6.45, 7) is 7.91. The lowest BCUT2D eigenvalue weighted by Crippen LogP contribution is -2.62. The van der Waals surface area contributed by atoms with Gasteiger partial charge in [-0.05, 0) is 86.5 Å². The van der Waals surface area contributed by atoms with Gasteiger partial charge in [-0.3, -0.25) is 4.79 Å². The third kappa shape index (κ3) is 3.29. The zero-order chi connectivity index (χ0) is 24.7. The molecular weight excluding hydrogens is 440 g/mol. The van der Waals surface area contributed by atoms with Crippen LogP contribution >= 0.6 is 0 Å². The number of carbonyl (C=O) groups excluding carboxylic acids is 1. The molecule has 1 aliphatic heterocycles. The van der Waals surface area contributed by atoms with Gasteiger partial charge in [0.15, 0.2) is 0 Å². The van der Waals surface area contributed by atoms with E-state index in [1.807, 2.05) is 6.92 Å². The van der Waals surface area contributed by atoms with E-state index in [-0.39, 0.29) is 16.7 Å². The third-order valence-corrected chi connectivity index (χ3v) is 10.7.